The summed E-state index contributed by atoms with van der Waals surface area (Å²) in [5.41, 5.74) is 0.633. The fourth-order valence-electron chi connectivity index (χ4n) is 4.68. The van der Waals surface area contributed by atoms with Crippen LogP contribution in [-0.4, -0.2) is 35.1 Å². The first kappa shape index (κ1) is 23.1. The van der Waals surface area contributed by atoms with Crippen molar-refractivity contribution in [2.24, 2.45) is 5.92 Å². The van der Waals surface area contributed by atoms with E-state index in [0.29, 0.717) is 34.4 Å². The molecular weight excluding hydrogens is 447 g/mol. The number of benzene rings is 2. The number of hydrogen-bond donors (Lipinski definition) is 1. The van der Waals surface area contributed by atoms with Gasteiger partial charge in [-0.25, -0.2) is 0 Å². The number of nitrogens with one attached hydrogen (secondary N) is 1. The van der Waals surface area contributed by atoms with Gasteiger partial charge in [-0.15, -0.1) is 0 Å². The Morgan fingerprint density at radius 1 is 1.09 bits per heavy atom. The second-order valence-corrected chi connectivity index (χ2v) is 9.71. The Morgan fingerprint density at radius 3 is 2.44 bits per heavy atom. The quantitative estimate of drug-likeness (QED) is 0.625. The van der Waals surface area contributed by atoms with Crippen molar-refractivity contribution < 1.29 is 14.3 Å². The molecule has 0 bridgehead atoms. The van der Waals surface area contributed by atoms with Crippen LogP contribution in [0.5, 0.6) is 0 Å². The minimum atomic E-state index is -0.770. The van der Waals surface area contributed by atoms with Crippen molar-refractivity contribution in [1.82, 2.24) is 10.2 Å². The van der Waals surface area contributed by atoms with Gasteiger partial charge in [0.1, 0.15) is 11.8 Å². The summed E-state index contributed by atoms with van der Waals surface area (Å²) >= 11 is 12.2. The minimum absolute atomic E-state index is 0.175. The van der Waals surface area contributed by atoms with Crippen LogP contribution in [0.3, 0.4) is 0 Å². The average molecular weight is 475 g/mol. The summed E-state index contributed by atoms with van der Waals surface area (Å²) in [7, 11) is 0. The summed E-state index contributed by atoms with van der Waals surface area (Å²) in [4.78, 5) is 28.7. The molecule has 0 radical (unpaired) electrons. The molecule has 1 aliphatic carbocycles. The first-order valence-electron chi connectivity index (χ1n) is 11.1. The van der Waals surface area contributed by atoms with E-state index in [2.05, 4.69) is 12.2 Å². The van der Waals surface area contributed by atoms with Crippen LogP contribution in [0.1, 0.15) is 61.5 Å². The fourth-order valence-corrected chi connectivity index (χ4v) is 4.98. The predicted molar refractivity (Wildman–Crippen MR) is 126 cm³/mol. The van der Waals surface area contributed by atoms with E-state index in [9.17, 15) is 9.59 Å². The predicted octanol–water partition coefficient (Wildman–Crippen LogP) is 5.62. The molecule has 5 nitrogen and oxygen atoms in total. The van der Waals surface area contributed by atoms with Gasteiger partial charge in [-0.1, -0.05) is 60.5 Å². The molecule has 0 unspecified atom stereocenters. The van der Waals surface area contributed by atoms with Crippen LogP contribution in [0.4, 0.5) is 0 Å². The number of carbonyl (C=O) groups is 2. The lowest BCUT2D eigenvalue weighted by Crippen LogP contribution is -2.57. The van der Waals surface area contributed by atoms with E-state index < -0.39 is 11.8 Å². The summed E-state index contributed by atoms with van der Waals surface area (Å²) in [5.74, 6) is 0.0885. The molecule has 7 heteroatoms. The van der Waals surface area contributed by atoms with Crippen molar-refractivity contribution in [3.63, 3.8) is 0 Å². The average Bonchev–Trinajstić information content (AvgIpc) is 3.16. The molecule has 2 aliphatic rings. The highest BCUT2D eigenvalue weighted by atomic mass is 35.5. The van der Waals surface area contributed by atoms with Gasteiger partial charge in [0.15, 0.2) is 0 Å². The van der Waals surface area contributed by atoms with Gasteiger partial charge in [0.25, 0.3) is 5.91 Å². The van der Waals surface area contributed by atoms with Crippen molar-refractivity contribution in [3.8, 4) is 0 Å². The third-order valence-corrected chi connectivity index (χ3v) is 7.40. The molecule has 0 aromatic heterocycles. The third kappa shape index (κ3) is 4.52. The van der Waals surface area contributed by atoms with Gasteiger partial charge >= 0.3 is 0 Å². The molecule has 2 amide bonds. The molecule has 170 valence electrons. The zero-order valence-corrected chi connectivity index (χ0v) is 19.8. The van der Waals surface area contributed by atoms with Crippen LogP contribution in [0.2, 0.25) is 10.0 Å². The van der Waals surface area contributed by atoms with Crippen molar-refractivity contribution in [3.05, 3.63) is 69.7 Å². The maximum absolute atomic E-state index is 13.7. The van der Waals surface area contributed by atoms with E-state index in [1.807, 2.05) is 37.3 Å². The van der Waals surface area contributed by atoms with E-state index in [4.69, 9.17) is 27.9 Å². The van der Waals surface area contributed by atoms with Crippen LogP contribution >= 0.6 is 23.2 Å². The normalized spacial score (nSPS) is 26.2. The van der Waals surface area contributed by atoms with E-state index in [-0.39, 0.29) is 24.5 Å². The van der Waals surface area contributed by atoms with Gasteiger partial charge in [0, 0.05) is 5.56 Å². The van der Waals surface area contributed by atoms with Crippen LogP contribution in [0.15, 0.2) is 48.5 Å². The first-order chi connectivity index (χ1) is 15.3. The van der Waals surface area contributed by atoms with Crippen LogP contribution in [0, 0.1) is 5.92 Å². The van der Waals surface area contributed by atoms with Crippen LogP contribution in [-0.2, 0) is 9.53 Å². The SMILES string of the molecule is CC1CCC2(CC1)OC[C@H](C(=O)N[C@@H](C)c1ccccc1)N2C(=O)c1ccc(Cl)c(Cl)c1. The van der Waals surface area contributed by atoms with Crippen molar-refractivity contribution in [1.29, 1.82) is 0 Å². The number of rotatable bonds is 4. The largest absolute Gasteiger partial charge is 0.353 e. The van der Waals surface area contributed by atoms with Gasteiger partial charge in [-0.05, 0) is 62.3 Å². The Balaban J connectivity index is 1.62. The van der Waals surface area contributed by atoms with E-state index in [1.54, 1.807) is 23.1 Å². The lowest BCUT2D eigenvalue weighted by atomic mass is 9.83. The number of halogens is 2. The van der Waals surface area contributed by atoms with Gasteiger partial charge in [-0.2, -0.15) is 0 Å². The number of carbonyl (C=O) groups excluding carboxylic acids is 2. The van der Waals surface area contributed by atoms with Gasteiger partial charge < -0.3 is 10.1 Å². The Morgan fingerprint density at radius 2 is 1.78 bits per heavy atom. The highest BCUT2D eigenvalue weighted by Gasteiger charge is 2.53. The molecule has 32 heavy (non-hydrogen) atoms. The molecule has 2 fully saturated rings. The highest BCUT2D eigenvalue weighted by Crippen LogP contribution is 2.43. The van der Waals surface area contributed by atoms with Crippen LogP contribution < -0.4 is 5.32 Å². The first-order valence-corrected chi connectivity index (χ1v) is 11.8. The zero-order valence-electron chi connectivity index (χ0n) is 18.3. The number of ether oxygens (including phenoxy) is 1. The Bertz CT molecular complexity index is 990. The molecule has 1 heterocycles. The number of hydrogen-bond acceptors (Lipinski definition) is 3. The molecule has 2 atom stereocenters. The minimum Gasteiger partial charge on any atom is -0.353 e. The third-order valence-electron chi connectivity index (χ3n) is 6.66. The van der Waals surface area contributed by atoms with E-state index in [1.165, 1.54) is 0 Å². The molecular formula is C25H28Cl2N2O3. The van der Waals surface area contributed by atoms with Gasteiger partial charge in [0.05, 0.1) is 22.7 Å². The molecule has 2 aromatic carbocycles. The summed E-state index contributed by atoms with van der Waals surface area (Å²) in [6, 6.07) is 13.7. The van der Waals surface area contributed by atoms with Gasteiger partial charge in [0.2, 0.25) is 5.91 Å². The molecule has 1 saturated heterocycles. The standard InChI is InChI=1S/C25H28Cl2N2O3/c1-16-10-12-25(13-11-16)29(24(31)19-8-9-20(26)21(27)14-19)22(15-32-25)23(30)28-17(2)18-6-4-3-5-7-18/h3-9,14,16-17,22H,10-13,15H2,1-2H3,(H,28,30)/t16?,17-,22+,25?/m0/s1. The smallest absolute Gasteiger partial charge is 0.256 e. The Labute approximate surface area is 199 Å². The van der Waals surface area contributed by atoms with Crippen molar-refractivity contribution in [2.45, 2.75) is 57.3 Å². The van der Waals surface area contributed by atoms with Crippen molar-refractivity contribution in [2.75, 3.05) is 6.61 Å². The monoisotopic (exact) mass is 474 g/mol. The molecule has 2 aromatic rings. The fraction of sp³-hybridized carbons (Fsp3) is 0.440. The zero-order chi connectivity index (χ0) is 22.9. The summed E-state index contributed by atoms with van der Waals surface area (Å²) in [6.07, 6.45) is 3.30. The molecule has 1 spiro atoms. The Hall–Kier alpha value is -2.08. The molecule has 1 aliphatic heterocycles. The second kappa shape index (κ2) is 9.42. The van der Waals surface area contributed by atoms with Gasteiger partial charge in [-0.3, -0.25) is 14.5 Å². The summed E-state index contributed by atoms with van der Waals surface area (Å²) in [6.45, 7) is 4.32. The lowest BCUT2D eigenvalue weighted by Gasteiger charge is -2.43. The van der Waals surface area contributed by atoms with Crippen molar-refractivity contribution >= 4 is 35.0 Å². The lowest BCUT2D eigenvalue weighted by molar-refractivity contribution is -0.128. The topological polar surface area (TPSA) is 58.6 Å². The maximum atomic E-state index is 13.7. The second-order valence-electron chi connectivity index (χ2n) is 8.90. The molecule has 1 saturated carbocycles. The van der Waals surface area contributed by atoms with E-state index >= 15 is 0 Å². The van der Waals surface area contributed by atoms with E-state index in [0.717, 1.165) is 18.4 Å². The Kier molecular flexibility index (Phi) is 6.80. The maximum Gasteiger partial charge on any atom is 0.256 e. The summed E-state index contributed by atoms with van der Waals surface area (Å²) < 4.78 is 6.25. The van der Waals surface area contributed by atoms with Crippen LogP contribution in [0.25, 0.3) is 0 Å². The molecule has 1 N–H and O–H groups in total. The summed E-state index contributed by atoms with van der Waals surface area (Å²) in [5, 5.41) is 3.76. The molecule has 4 rings (SSSR count). The number of nitrogens with zero attached hydrogens (tertiary/aromatic N) is 1. The highest BCUT2D eigenvalue weighted by molar-refractivity contribution is 6.42. The number of amides is 2.